The first-order valence-corrected chi connectivity index (χ1v) is 7.73. The molecule has 1 saturated heterocycles. The fraction of sp³-hybridized carbons (Fsp3) is 0.667. The largest absolute Gasteiger partial charge is 0.370 e. The summed E-state index contributed by atoms with van der Waals surface area (Å²) in [7, 11) is 1.69. The third kappa shape index (κ3) is 3.83. The predicted octanol–water partition coefficient (Wildman–Crippen LogP) is 1.71. The van der Waals surface area contributed by atoms with Crippen LogP contribution in [0.5, 0.6) is 0 Å². The Morgan fingerprint density at radius 2 is 2.24 bits per heavy atom. The van der Waals surface area contributed by atoms with E-state index in [0.29, 0.717) is 0 Å². The lowest BCUT2D eigenvalue weighted by Crippen LogP contribution is -2.49. The molecule has 21 heavy (non-hydrogen) atoms. The molecule has 1 aliphatic rings. The number of nitrogens with one attached hydrogen (secondary N) is 2. The van der Waals surface area contributed by atoms with Gasteiger partial charge in [-0.15, -0.1) is 0 Å². The van der Waals surface area contributed by atoms with Crippen LogP contribution in [-0.2, 0) is 4.79 Å². The molecule has 0 spiro atoms. The first kappa shape index (κ1) is 15.5. The van der Waals surface area contributed by atoms with Crippen LogP contribution in [0.2, 0.25) is 0 Å². The van der Waals surface area contributed by atoms with E-state index in [1.807, 2.05) is 13.0 Å². The van der Waals surface area contributed by atoms with Crippen LogP contribution in [0.15, 0.2) is 6.07 Å². The second-order valence-corrected chi connectivity index (χ2v) is 5.40. The monoisotopic (exact) mass is 291 g/mol. The zero-order valence-corrected chi connectivity index (χ0v) is 13.1. The van der Waals surface area contributed by atoms with Gasteiger partial charge in [0.2, 0.25) is 5.91 Å². The highest BCUT2D eigenvalue weighted by Gasteiger charge is 2.29. The van der Waals surface area contributed by atoms with Crippen LogP contribution in [0.3, 0.4) is 0 Å². The molecule has 0 aliphatic carbocycles. The number of likely N-dealkylation sites (N-methyl/N-ethyl adjacent to an activating group) is 1. The van der Waals surface area contributed by atoms with Crippen molar-refractivity contribution in [3.05, 3.63) is 11.9 Å². The van der Waals surface area contributed by atoms with Gasteiger partial charge in [0.1, 0.15) is 23.5 Å². The Bertz CT molecular complexity index is 491. The molecule has 1 amide bonds. The second-order valence-electron chi connectivity index (χ2n) is 5.40. The average Bonchev–Trinajstić information content (AvgIpc) is 2.51. The van der Waals surface area contributed by atoms with E-state index >= 15 is 0 Å². The fourth-order valence-electron chi connectivity index (χ4n) is 2.69. The minimum Gasteiger partial charge on any atom is -0.370 e. The summed E-state index contributed by atoms with van der Waals surface area (Å²) in [5.41, 5.74) is 0. The average molecular weight is 291 g/mol. The molecule has 0 aromatic carbocycles. The van der Waals surface area contributed by atoms with E-state index in [1.54, 1.807) is 7.05 Å². The van der Waals surface area contributed by atoms with Crippen LogP contribution in [0.4, 0.5) is 11.6 Å². The van der Waals surface area contributed by atoms with E-state index < -0.39 is 0 Å². The molecular weight excluding hydrogens is 266 g/mol. The molecule has 0 bridgehead atoms. The van der Waals surface area contributed by atoms with Crippen molar-refractivity contribution < 1.29 is 4.79 Å². The quantitative estimate of drug-likeness (QED) is 0.864. The predicted molar refractivity (Wildman–Crippen MR) is 84.6 cm³/mol. The third-order valence-corrected chi connectivity index (χ3v) is 3.73. The van der Waals surface area contributed by atoms with E-state index in [0.717, 1.165) is 56.2 Å². The molecule has 116 valence electrons. The summed E-state index contributed by atoms with van der Waals surface area (Å²) < 4.78 is 0. The van der Waals surface area contributed by atoms with Gasteiger partial charge in [-0.3, -0.25) is 4.79 Å². The van der Waals surface area contributed by atoms with Crippen LogP contribution in [0, 0.1) is 6.92 Å². The van der Waals surface area contributed by atoms with E-state index in [1.165, 1.54) is 0 Å². The summed E-state index contributed by atoms with van der Waals surface area (Å²) in [5, 5.41) is 6.05. The van der Waals surface area contributed by atoms with Gasteiger partial charge in [0.05, 0.1) is 0 Å². The Hall–Kier alpha value is -1.85. The number of nitrogens with zero attached hydrogens (tertiary/aromatic N) is 3. The summed E-state index contributed by atoms with van der Waals surface area (Å²) >= 11 is 0. The molecule has 2 rings (SSSR count). The molecule has 1 unspecified atom stereocenters. The van der Waals surface area contributed by atoms with E-state index in [4.69, 9.17) is 0 Å². The van der Waals surface area contributed by atoms with Gasteiger partial charge in [0.25, 0.3) is 0 Å². The molecule has 2 N–H and O–H groups in total. The number of rotatable bonds is 5. The Morgan fingerprint density at radius 3 is 2.95 bits per heavy atom. The van der Waals surface area contributed by atoms with Gasteiger partial charge in [-0.05, 0) is 32.6 Å². The lowest BCUT2D eigenvalue weighted by molar-refractivity contribution is -0.122. The second kappa shape index (κ2) is 7.24. The van der Waals surface area contributed by atoms with Crippen molar-refractivity contribution in [3.63, 3.8) is 0 Å². The van der Waals surface area contributed by atoms with Gasteiger partial charge >= 0.3 is 0 Å². The first-order valence-electron chi connectivity index (χ1n) is 7.73. The van der Waals surface area contributed by atoms with Crippen molar-refractivity contribution in [1.82, 2.24) is 15.3 Å². The topological polar surface area (TPSA) is 70.2 Å². The smallest absolute Gasteiger partial charge is 0.242 e. The molecular formula is C15H25N5O. The Balaban J connectivity index is 2.25. The number of amides is 1. The Morgan fingerprint density at radius 1 is 1.43 bits per heavy atom. The summed E-state index contributed by atoms with van der Waals surface area (Å²) in [4.78, 5) is 23.1. The molecule has 1 aromatic rings. The maximum Gasteiger partial charge on any atom is 0.242 e. The first-order chi connectivity index (χ1) is 10.2. The zero-order chi connectivity index (χ0) is 15.2. The van der Waals surface area contributed by atoms with Crippen LogP contribution in [-0.4, -0.2) is 42.1 Å². The number of piperidine rings is 1. The highest BCUT2D eigenvalue weighted by molar-refractivity contribution is 5.85. The number of hydrogen-bond donors (Lipinski definition) is 2. The van der Waals surface area contributed by atoms with Gasteiger partial charge in [-0.25, -0.2) is 9.97 Å². The number of carbonyl (C=O) groups is 1. The Labute approximate surface area is 126 Å². The summed E-state index contributed by atoms with van der Waals surface area (Å²) in [6.45, 7) is 5.75. The fourth-order valence-corrected chi connectivity index (χ4v) is 2.69. The minimum absolute atomic E-state index is 0.0639. The van der Waals surface area contributed by atoms with Gasteiger partial charge in [0, 0.05) is 26.2 Å². The SMILES string of the molecule is CCCNc1cc(N2CCCCC2C(=O)NC)nc(C)n1. The van der Waals surface area contributed by atoms with Crippen molar-refractivity contribution in [2.75, 3.05) is 30.4 Å². The van der Waals surface area contributed by atoms with Crippen LogP contribution >= 0.6 is 0 Å². The molecule has 6 heteroatoms. The number of aryl methyl sites for hydroxylation is 1. The van der Waals surface area contributed by atoms with Crippen molar-refractivity contribution in [3.8, 4) is 0 Å². The zero-order valence-electron chi connectivity index (χ0n) is 13.1. The van der Waals surface area contributed by atoms with Crippen molar-refractivity contribution in [2.24, 2.45) is 0 Å². The van der Waals surface area contributed by atoms with Gasteiger partial charge < -0.3 is 15.5 Å². The molecule has 1 aliphatic heterocycles. The number of carbonyl (C=O) groups excluding carboxylic acids is 1. The van der Waals surface area contributed by atoms with Crippen LogP contribution < -0.4 is 15.5 Å². The lowest BCUT2D eigenvalue weighted by Gasteiger charge is -2.35. The molecule has 6 nitrogen and oxygen atoms in total. The van der Waals surface area contributed by atoms with E-state index in [9.17, 15) is 4.79 Å². The molecule has 0 radical (unpaired) electrons. The highest BCUT2D eigenvalue weighted by Crippen LogP contribution is 2.25. The van der Waals surface area contributed by atoms with Crippen molar-refractivity contribution >= 4 is 17.5 Å². The minimum atomic E-state index is -0.128. The standard InChI is InChI=1S/C15H25N5O/c1-4-8-17-13-10-14(19-11(2)18-13)20-9-6-5-7-12(20)15(21)16-3/h10,12H,4-9H2,1-3H3,(H,16,21)(H,17,18,19). The van der Waals surface area contributed by atoms with E-state index in [2.05, 4.69) is 32.4 Å². The van der Waals surface area contributed by atoms with Gasteiger partial charge in [-0.1, -0.05) is 6.92 Å². The Kier molecular flexibility index (Phi) is 5.36. The summed E-state index contributed by atoms with van der Waals surface area (Å²) in [6.07, 6.45) is 4.09. The molecule has 0 saturated carbocycles. The summed E-state index contributed by atoms with van der Waals surface area (Å²) in [6, 6.07) is 1.82. The number of hydrogen-bond acceptors (Lipinski definition) is 5. The van der Waals surface area contributed by atoms with Crippen molar-refractivity contribution in [1.29, 1.82) is 0 Å². The summed E-state index contributed by atoms with van der Waals surface area (Å²) in [5.74, 6) is 2.47. The van der Waals surface area contributed by atoms with Crippen LogP contribution in [0.25, 0.3) is 0 Å². The maximum atomic E-state index is 12.1. The van der Waals surface area contributed by atoms with Gasteiger partial charge in [-0.2, -0.15) is 0 Å². The highest BCUT2D eigenvalue weighted by atomic mass is 16.2. The third-order valence-electron chi connectivity index (χ3n) is 3.73. The lowest BCUT2D eigenvalue weighted by atomic mass is 10.0. The van der Waals surface area contributed by atoms with Gasteiger partial charge in [0.15, 0.2) is 0 Å². The molecule has 1 aromatic heterocycles. The molecule has 2 heterocycles. The normalized spacial score (nSPS) is 18.4. The maximum absolute atomic E-state index is 12.1. The number of aromatic nitrogens is 2. The number of anilines is 2. The molecule has 1 fully saturated rings. The molecule has 1 atom stereocenters. The van der Waals surface area contributed by atoms with Crippen LogP contribution in [0.1, 0.15) is 38.4 Å². The van der Waals surface area contributed by atoms with Crippen molar-refractivity contribution in [2.45, 2.75) is 45.6 Å². The van der Waals surface area contributed by atoms with E-state index in [-0.39, 0.29) is 11.9 Å².